The van der Waals surface area contributed by atoms with Gasteiger partial charge in [0.05, 0.1) is 5.01 Å². The van der Waals surface area contributed by atoms with Crippen LogP contribution in [-0.4, -0.2) is 11.5 Å². The first kappa shape index (κ1) is 7.94. The summed E-state index contributed by atoms with van der Waals surface area (Å²) in [6, 6.07) is 0.638. The molecule has 2 aliphatic rings. The van der Waals surface area contributed by atoms with E-state index in [9.17, 15) is 0 Å². The number of aryl methyl sites for hydroxylation is 1. The summed E-state index contributed by atoms with van der Waals surface area (Å²) in [5.41, 5.74) is 0. The lowest BCUT2D eigenvalue weighted by atomic mass is 9.86. The van der Waals surface area contributed by atoms with E-state index in [1.165, 1.54) is 29.3 Å². The highest BCUT2D eigenvalue weighted by molar-refractivity contribution is 7.11. The minimum absolute atomic E-state index is 0.638. The highest BCUT2D eigenvalue weighted by Crippen LogP contribution is 2.47. The Morgan fingerprint density at radius 2 is 2.38 bits per heavy atom. The molecule has 0 amide bonds. The molecular weight excluding hydrogens is 180 g/mol. The first-order valence-corrected chi connectivity index (χ1v) is 5.82. The molecule has 1 aliphatic carbocycles. The quantitative estimate of drug-likeness (QED) is 0.780. The predicted molar refractivity (Wildman–Crippen MR) is 53.8 cm³/mol. The van der Waals surface area contributed by atoms with Crippen LogP contribution < -0.4 is 5.32 Å². The molecule has 3 rings (SSSR count). The number of aromatic nitrogens is 1. The van der Waals surface area contributed by atoms with Crippen molar-refractivity contribution in [3.8, 4) is 0 Å². The first-order chi connectivity index (χ1) is 6.34. The van der Waals surface area contributed by atoms with Gasteiger partial charge in [-0.05, 0) is 31.6 Å². The van der Waals surface area contributed by atoms with Gasteiger partial charge >= 0.3 is 0 Å². The lowest BCUT2D eigenvalue weighted by Crippen LogP contribution is -2.46. The summed E-state index contributed by atoms with van der Waals surface area (Å²) in [4.78, 5) is 5.76. The molecule has 1 aromatic rings. The second-order valence-electron chi connectivity index (χ2n) is 4.17. The van der Waals surface area contributed by atoms with E-state index in [4.69, 9.17) is 0 Å². The van der Waals surface area contributed by atoms with Gasteiger partial charge in [0.1, 0.15) is 0 Å². The van der Waals surface area contributed by atoms with Gasteiger partial charge < -0.3 is 5.32 Å². The molecule has 1 saturated heterocycles. The third-order valence-electron chi connectivity index (χ3n) is 3.17. The van der Waals surface area contributed by atoms with Crippen molar-refractivity contribution < 1.29 is 0 Å². The Morgan fingerprint density at radius 1 is 1.54 bits per heavy atom. The third-order valence-corrected chi connectivity index (χ3v) is 4.17. The number of nitrogens with zero attached hydrogens (tertiary/aromatic N) is 1. The SMILES string of the molecule is Cc1ncc(C2NCC2C2CC2)s1. The van der Waals surface area contributed by atoms with E-state index in [0.29, 0.717) is 6.04 Å². The standard InChI is InChI=1S/C10H14N2S/c1-6-11-5-9(13-6)10-8(4-12-10)7-2-3-7/h5,7-8,10,12H,2-4H2,1H3. The Balaban J connectivity index is 1.77. The second-order valence-corrected chi connectivity index (χ2v) is 5.44. The zero-order chi connectivity index (χ0) is 8.84. The Labute approximate surface area is 82.4 Å². The van der Waals surface area contributed by atoms with E-state index in [2.05, 4.69) is 17.2 Å². The topological polar surface area (TPSA) is 24.9 Å². The van der Waals surface area contributed by atoms with E-state index in [1.54, 1.807) is 0 Å². The van der Waals surface area contributed by atoms with Crippen LogP contribution in [0.5, 0.6) is 0 Å². The molecule has 0 spiro atoms. The summed E-state index contributed by atoms with van der Waals surface area (Å²) >= 11 is 1.85. The summed E-state index contributed by atoms with van der Waals surface area (Å²) in [7, 11) is 0. The maximum absolute atomic E-state index is 4.31. The molecule has 0 bridgehead atoms. The second kappa shape index (κ2) is 2.79. The fourth-order valence-corrected chi connectivity index (χ4v) is 3.11. The average Bonchev–Trinajstić information content (AvgIpc) is 2.75. The zero-order valence-electron chi connectivity index (χ0n) is 7.79. The molecular formula is C10H14N2S. The number of nitrogens with one attached hydrogen (secondary N) is 1. The van der Waals surface area contributed by atoms with Gasteiger partial charge in [0.25, 0.3) is 0 Å². The molecule has 2 heterocycles. The van der Waals surface area contributed by atoms with Crippen LogP contribution in [0.25, 0.3) is 0 Å². The predicted octanol–water partition coefficient (Wildman–Crippen LogP) is 2.12. The highest BCUT2D eigenvalue weighted by atomic mass is 32.1. The van der Waals surface area contributed by atoms with Crippen LogP contribution in [0.3, 0.4) is 0 Å². The lowest BCUT2D eigenvalue weighted by molar-refractivity contribution is 0.209. The van der Waals surface area contributed by atoms with Crippen molar-refractivity contribution >= 4 is 11.3 Å². The number of thiazole rings is 1. The fraction of sp³-hybridized carbons (Fsp3) is 0.700. The number of rotatable bonds is 2. The summed E-state index contributed by atoms with van der Waals surface area (Å²) in [6.45, 7) is 3.31. The molecule has 2 fully saturated rings. The van der Waals surface area contributed by atoms with Crippen LogP contribution in [0.15, 0.2) is 6.20 Å². The van der Waals surface area contributed by atoms with Gasteiger partial charge in [0.2, 0.25) is 0 Å². The van der Waals surface area contributed by atoms with Crippen LogP contribution >= 0.6 is 11.3 Å². The van der Waals surface area contributed by atoms with Gasteiger partial charge in [-0.25, -0.2) is 4.98 Å². The van der Waals surface area contributed by atoms with Crippen molar-refractivity contribution in [2.75, 3.05) is 6.54 Å². The van der Waals surface area contributed by atoms with E-state index in [-0.39, 0.29) is 0 Å². The monoisotopic (exact) mass is 194 g/mol. The molecule has 1 saturated carbocycles. The van der Waals surface area contributed by atoms with Gasteiger partial charge in [0.15, 0.2) is 0 Å². The molecule has 13 heavy (non-hydrogen) atoms. The molecule has 1 aliphatic heterocycles. The van der Waals surface area contributed by atoms with Crippen molar-refractivity contribution in [3.63, 3.8) is 0 Å². The van der Waals surface area contributed by atoms with Gasteiger partial charge in [-0.2, -0.15) is 0 Å². The number of hydrogen-bond donors (Lipinski definition) is 1. The maximum atomic E-state index is 4.31. The van der Waals surface area contributed by atoms with Gasteiger partial charge in [-0.1, -0.05) is 0 Å². The van der Waals surface area contributed by atoms with Crippen LogP contribution in [0.4, 0.5) is 0 Å². The minimum atomic E-state index is 0.638. The average molecular weight is 194 g/mol. The van der Waals surface area contributed by atoms with E-state index >= 15 is 0 Å². The van der Waals surface area contributed by atoms with Gasteiger partial charge in [0, 0.05) is 23.7 Å². The Hall–Kier alpha value is -0.410. The minimum Gasteiger partial charge on any atom is -0.309 e. The summed E-state index contributed by atoms with van der Waals surface area (Å²) in [5, 5.41) is 4.71. The Kier molecular flexibility index (Phi) is 1.70. The third kappa shape index (κ3) is 1.30. The van der Waals surface area contributed by atoms with E-state index in [0.717, 1.165) is 11.8 Å². The molecule has 2 atom stereocenters. The Bertz CT molecular complexity index is 316. The molecule has 3 heteroatoms. The first-order valence-electron chi connectivity index (χ1n) is 5.00. The van der Waals surface area contributed by atoms with Crippen LogP contribution in [0.2, 0.25) is 0 Å². The molecule has 2 nitrogen and oxygen atoms in total. The normalized spacial score (nSPS) is 33.0. The zero-order valence-corrected chi connectivity index (χ0v) is 8.60. The largest absolute Gasteiger partial charge is 0.309 e. The maximum Gasteiger partial charge on any atom is 0.0897 e. The molecule has 2 unspecified atom stereocenters. The lowest BCUT2D eigenvalue weighted by Gasteiger charge is -2.37. The summed E-state index contributed by atoms with van der Waals surface area (Å²) in [6.07, 6.45) is 4.97. The molecule has 0 aromatic carbocycles. The molecule has 0 radical (unpaired) electrons. The van der Waals surface area contributed by atoms with Crippen LogP contribution in [0.1, 0.15) is 28.8 Å². The summed E-state index contributed by atoms with van der Waals surface area (Å²) < 4.78 is 0. The van der Waals surface area contributed by atoms with E-state index < -0.39 is 0 Å². The van der Waals surface area contributed by atoms with Crippen molar-refractivity contribution in [1.29, 1.82) is 0 Å². The molecule has 1 N–H and O–H groups in total. The van der Waals surface area contributed by atoms with Crippen molar-refractivity contribution in [3.05, 3.63) is 16.1 Å². The van der Waals surface area contributed by atoms with Crippen LogP contribution in [0, 0.1) is 18.8 Å². The van der Waals surface area contributed by atoms with Crippen molar-refractivity contribution in [2.45, 2.75) is 25.8 Å². The highest BCUT2D eigenvalue weighted by Gasteiger charge is 2.43. The molecule has 1 aromatic heterocycles. The molecule has 70 valence electrons. The number of hydrogen-bond acceptors (Lipinski definition) is 3. The summed E-state index contributed by atoms with van der Waals surface area (Å²) in [5.74, 6) is 1.94. The van der Waals surface area contributed by atoms with Crippen LogP contribution in [-0.2, 0) is 0 Å². The van der Waals surface area contributed by atoms with E-state index in [1.807, 2.05) is 17.5 Å². The van der Waals surface area contributed by atoms with Gasteiger partial charge in [-0.15, -0.1) is 11.3 Å². The van der Waals surface area contributed by atoms with Crippen molar-refractivity contribution in [1.82, 2.24) is 10.3 Å². The van der Waals surface area contributed by atoms with Crippen molar-refractivity contribution in [2.24, 2.45) is 11.8 Å². The van der Waals surface area contributed by atoms with Gasteiger partial charge in [-0.3, -0.25) is 0 Å². The smallest absolute Gasteiger partial charge is 0.0897 e. The fourth-order valence-electron chi connectivity index (χ4n) is 2.17. The Morgan fingerprint density at radius 3 is 2.85 bits per heavy atom.